The maximum Gasteiger partial charge on any atom is 0.237 e. The van der Waals surface area contributed by atoms with Crippen LogP contribution in [0.1, 0.15) is 29.8 Å². The summed E-state index contributed by atoms with van der Waals surface area (Å²) in [6, 6.07) is 15.0. The molecule has 1 atom stereocenters. The molecule has 1 N–H and O–H groups in total. The van der Waals surface area contributed by atoms with Gasteiger partial charge in [0.1, 0.15) is 4.38 Å². The summed E-state index contributed by atoms with van der Waals surface area (Å²) in [5.74, 6) is 0.806. The van der Waals surface area contributed by atoms with E-state index in [1.54, 1.807) is 36.0 Å². The molecule has 0 fully saturated rings. The summed E-state index contributed by atoms with van der Waals surface area (Å²) in [6.07, 6.45) is 0. The van der Waals surface area contributed by atoms with Crippen LogP contribution in [-0.4, -0.2) is 21.3 Å². The Morgan fingerprint density at radius 2 is 1.88 bits per heavy atom. The Morgan fingerprint density at radius 3 is 2.60 bits per heavy atom. The van der Waals surface area contributed by atoms with E-state index < -0.39 is 0 Å². The molecule has 6 heteroatoms. The Hall–Kier alpha value is -2.05. The van der Waals surface area contributed by atoms with E-state index in [0.29, 0.717) is 11.3 Å². The summed E-state index contributed by atoms with van der Waals surface area (Å²) in [6.45, 7) is 3.39. The minimum Gasteiger partial charge on any atom is -0.325 e. The highest BCUT2D eigenvalue weighted by atomic mass is 32.2. The molecular formula is C19H18N2O2S2. The van der Waals surface area contributed by atoms with E-state index in [0.717, 1.165) is 15.8 Å². The van der Waals surface area contributed by atoms with Gasteiger partial charge in [0, 0.05) is 17.0 Å². The van der Waals surface area contributed by atoms with E-state index in [2.05, 4.69) is 16.4 Å². The van der Waals surface area contributed by atoms with Crippen LogP contribution in [0.3, 0.4) is 0 Å². The lowest BCUT2D eigenvalue weighted by atomic mass is 10.1. The van der Waals surface area contributed by atoms with Crippen LogP contribution in [0.15, 0.2) is 53.5 Å². The molecule has 128 valence electrons. The minimum absolute atomic E-state index is 0.00872. The summed E-state index contributed by atoms with van der Waals surface area (Å²) in [7, 11) is 0. The second kappa shape index (κ2) is 7.89. The zero-order valence-corrected chi connectivity index (χ0v) is 15.6. The topological polar surface area (TPSA) is 58.5 Å². The first-order valence-electron chi connectivity index (χ1n) is 7.91. The molecule has 0 spiro atoms. The molecule has 4 nitrogen and oxygen atoms in total. The number of thioether (sulfide) groups is 2. The highest BCUT2D eigenvalue weighted by molar-refractivity contribution is 8.39. The number of rotatable bonds is 4. The van der Waals surface area contributed by atoms with Crippen LogP contribution in [0, 0.1) is 0 Å². The first-order chi connectivity index (χ1) is 12.0. The Bertz CT molecular complexity index is 832. The Labute approximate surface area is 155 Å². The van der Waals surface area contributed by atoms with E-state index in [1.807, 2.05) is 25.1 Å². The van der Waals surface area contributed by atoms with Gasteiger partial charge in [-0.05, 0) is 49.7 Å². The van der Waals surface area contributed by atoms with Gasteiger partial charge < -0.3 is 5.32 Å². The summed E-state index contributed by atoms with van der Waals surface area (Å²) < 4.78 is 0.910. The summed E-state index contributed by atoms with van der Waals surface area (Å²) in [4.78, 5) is 28.3. The molecule has 1 aliphatic heterocycles. The van der Waals surface area contributed by atoms with E-state index in [4.69, 9.17) is 0 Å². The lowest BCUT2D eigenvalue weighted by Crippen LogP contribution is -2.23. The fraction of sp³-hybridized carbons (Fsp3) is 0.211. The monoisotopic (exact) mass is 370 g/mol. The molecule has 1 amide bonds. The van der Waals surface area contributed by atoms with Crippen molar-refractivity contribution in [1.29, 1.82) is 0 Å². The average molecular weight is 370 g/mol. The lowest BCUT2D eigenvalue weighted by molar-refractivity contribution is -0.115. The molecule has 0 bridgehead atoms. The van der Waals surface area contributed by atoms with Crippen LogP contribution < -0.4 is 5.32 Å². The van der Waals surface area contributed by atoms with Crippen molar-refractivity contribution in [3.05, 3.63) is 59.7 Å². The first-order valence-corrected chi connectivity index (χ1v) is 9.77. The zero-order valence-electron chi connectivity index (χ0n) is 14.0. The smallest absolute Gasteiger partial charge is 0.237 e. The van der Waals surface area contributed by atoms with E-state index >= 15 is 0 Å². The van der Waals surface area contributed by atoms with Gasteiger partial charge in [-0.1, -0.05) is 41.7 Å². The van der Waals surface area contributed by atoms with Gasteiger partial charge >= 0.3 is 0 Å². The van der Waals surface area contributed by atoms with Crippen molar-refractivity contribution in [2.75, 3.05) is 5.32 Å². The van der Waals surface area contributed by atoms with E-state index in [9.17, 15) is 9.59 Å². The minimum atomic E-state index is -0.260. The molecule has 0 saturated carbocycles. The van der Waals surface area contributed by atoms with Crippen LogP contribution in [0.2, 0.25) is 0 Å². The Balaban J connectivity index is 1.61. The fourth-order valence-electron chi connectivity index (χ4n) is 2.31. The SMILES string of the molecule is CC(=O)c1ccc(NC(=O)C(C)SC2=Nc3ccccc3CS2)cc1. The molecule has 1 unspecified atom stereocenters. The van der Waals surface area contributed by atoms with Crippen LogP contribution in [-0.2, 0) is 10.5 Å². The van der Waals surface area contributed by atoms with Crippen molar-refractivity contribution in [3.8, 4) is 0 Å². The standard InChI is InChI=1S/C19H18N2O2S2/c1-12(22)14-7-9-16(10-8-14)20-18(23)13(2)25-19-21-17-6-4-3-5-15(17)11-24-19/h3-10,13H,11H2,1-2H3,(H,20,23). The zero-order chi connectivity index (χ0) is 17.8. The third-order valence-corrected chi connectivity index (χ3v) is 6.06. The number of carbonyl (C=O) groups excluding carboxylic acids is 2. The molecule has 0 aliphatic carbocycles. The van der Waals surface area contributed by atoms with Gasteiger partial charge in [0.25, 0.3) is 0 Å². The second-order valence-electron chi connectivity index (χ2n) is 5.68. The molecular weight excluding hydrogens is 352 g/mol. The molecule has 25 heavy (non-hydrogen) atoms. The number of benzene rings is 2. The largest absolute Gasteiger partial charge is 0.325 e. The van der Waals surface area contributed by atoms with Crippen LogP contribution in [0.4, 0.5) is 11.4 Å². The maximum atomic E-state index is 12.4. The third kappa shape index (κ3) is 4.52. The molecule has 1 heterocycles. The number of nitrogens with zero attached hydrogens (tertiary/aromatic N) is 1. The van der Waals surface area contributed by atoms with Crippen molar-refractivity contribution in [1.82, 2.24) is 0 Å². The van der Waals surface area contributed by atoms with Crippen molar-refractivity contribution >= 4 is 51.0 Å². The Morgan fingerprint density at radius 1 is 1.16 bits per heavy atom. The summed E-state index contributed by atoms with van der Waals surface area (Å²) in [5, 5.41) is 2.62. The number of hydrogen-bond donors (Lipinski definition) is 1. The number of ketones is 1. The molecule has 1 aliphatic rings. The molecule has 0 radical (unpaired) electrons. The molecule has 2 aromatic rings. The number of nitrogens with one attached hydrogen (secondary N) is 1. The molecule has 3 rings (SSSR count). The lowest BCUT2D eigenvalue weighted by Gasteiger charge is -2.17. The molecule has 0 saturated heterocycles. The van der Waals surface area contributed by atoms with Crippen molar-refractivity contribution in [2.45, 2.75) is 24.9 Å². The summed E-state index contributed by atoms with van der Waals surface area (Å²) >= 11 is 3.12. The van der Waals surface area contributed by atoms with Crippen molar-refractivity contribution < 1.29 is 9.59 Å². The van der Waals surface area contributed by atoms with Gasteiger partial charge in [-0.15, -0.1) is 0 Å². The fourth-order valence-corrected chi connectivity index (χ4v) is 4.50. The van der Waals surface area contributed by atoms with Gasteiger partial charge in [-0.2, -0.15) is 0 Å². The number of anilines is 1. The van der Waals surface area contributed by atoms with Crippen LogP contribution in [0.25, 0.3) is 0 Å². The van der Waals surface area contributed by atoms with Crippen molar-refractivity contribution in [3.63, 3.8) is 0 Å². The van der Waals surface area contributed by atoms with Gasteiger partial charge in [-0.25, -0.2) is 4.99 Å². The van der Waals surface area contributed by atoms with Crippen molar-refractivity contribution in [2.24, 2.45) is 4.99 Å². The Kier molecular flexibility index (Phi) is 5.60. The highest BCUT2D eigenvalue weighted by Crippen LogP contribution is 2.35. The number of fused-ring (bicyclic) bond motifs is 1. The van der Waals surface area contributed by atoms with Crippen LogP contribution in [0.5, 0.6) is 0 Å². The van der Waals surface area contributed by atoms with Crippen LogP contribution >= 0.6 is 23.5 Å². The maximum absolute atomic E-state index is 12.4. The number of aliphatic imine (C=N–C) groups is 1. The molecule has 0 aromatic heterocycles. The first kappa shape index (κ1) is 17.8. The van der Waals surface area contributed by atoms with E-state index in [1.165, 1.54) is 24.2 Å². The number of amides is 1. The predicted octanol–water partition coefficient (Wildman–Crippen LogP) is 4.88. The normalized spacial score (nSPS) is 14.2. The third-order valence-electron chi connectivity index (χ3n) is 3.76. The number of para-hydroxylation sites is 1. The van der Waals surface area contributed by atoms with Gasteiger partial charge in [-0.3, -0.25) is 9.59 Å². The number of hydrogen-bond acceptors (Lipinski definition) is 5. The van der Waals surface area contributed by atoms with Gasteiger partial charge in [0.15, 0.2) is 5.78 Å². The molecule has 2 aromatic carbocycles. The van der Waals surface area contributed by atoms with Gasteiger partial charge in [0.05, 0.1) is 10.9 Å². The average Bonchev–Trinajstić information content (AvgIpc) is 2.62. The number of carbonyl (C=O) groups is 2. The second-order valence-corrected chi connectivity index (χ2v) is 8.23. The quantitative estimate of drug-likeness (QED) is 0.779. The van der Waals surface area contributed by atoms with E-state index in [-0.39, 0.29) is 16.9 Å². The summed E-state index contributed by atoms with van der Waals surface area (Å²) in [5.41, 5.74) is 3.52. The highest BCUT2D eigenvalue weighted by Gasteiger charge is 2.20. The van der Waals surface area contributed by atoms with Gasteiger partial charge in [0.2, 0.25) is 5.91 Å². The predicted molar refractivity (Wildman–Crippen MR) is 107 cm³/mol. The number of Topliss-reactive ketones (excluding diaryl/α,β-unsaturated/α-hetero) is 1.